The van der Waals surface area contributed by atoms with Gasteiger partial charge >= 0.3 is 0 Å². The SMILES string of the molecule is CC12CCC(CC=O)(O1)[C@@H]1C(=O)N(c3ccc(C#N)c4ccccc34)C(=O)[C@@H]12. The van der Waals surface area contributed by atoms with Gasteiger partial charge in [-0.05, 0) is 31.9 Å². The Bertz CT molecular complexity index is 1100. The van der Waals surface area contributed by atoms with E-state index < -0.39 is 23.0 Å². The molecule has 3 aliphatic heterocycles. The fourth-order valence-electron chi connectivity index (χ4n) is 5.50. The van der Waals surface area contributed by atoms with Gasteiger partial charge in [0.15, 0.2) is 0 Å². The van der Waals surface area contributed by atoms with Gasteiger partial charge in [-0.3, -0.25) is 9.59 Å². The highest BCUT2D eigenvalue weighted by molar-refractivity contribution is 6.26. The molecule has 6 nitrogen and oxygen atoms in total. The Morgan fingerprint density at radius 2 is 1.86 bits per heavy atom. The Morgan fingerprint density at radius 3 is 2.57 bits per heavy atom. The second-order valence-electron chi connectivity index (χ2n) is 8.11. The number of hydrogen-bond acceptors (Lipinski definition) is 5. The molecule has 3 heterocycles. The zero-order valence-electron chi connectivity index (χ0n) is 15.3. The highest BCUT2D eigenvalue weighted by atomic mass is 16.5. The van der Waals surface area contributed by atoms with E-state index in [0.717, 1.165) is 6.29 Å². The van der Waals surface area contributed by atoms with E-state index in [2.05, 4.69) is 6.07 Å². The van der Waals surface area contributed by atoms with E-state index in [4.69, 9.17) is 4.74 Å². The molecule has 5 rings (SSSR count). The fraction of sp³-hybridized carbons (Fsp3) is 0.364. The van der Waals surface area contributed by atoms with Gasteiger partial charge in [-0.2, -0.15) is 5.26 Å². The summed E-state index contributed by atoms with van der Waals surface area (Å²) in [6.45, 7) is 1.87. The van der Waals surface area contributed by atoms with E-state index in [9.17, 15) is 19.6 Å². The minimum Gasteiger partial charge on any atom is -0.367 e. The molecular weight excluding hydrogens is 356 g/mol. The van der Waals surface area contributed by atoms with Crippen molar-refractivity contribution in [2.24, 2.45) is 11.8 Å². The Labute approximate surface area is 161 Å². The number of ether oxygens (including phenoxy) is 1. The van der Waals surface area contributed by atoms with Crippen molar-refractivity contribution < 1.29 is 19.1 Å². The topological polar surface area (TPSA) is 87.5 Å². The van der Waals surface area contributed by atoms with Gasteiger partial charge in [0.05, 0.1) is 40.4 Å². The van der Waals surface area contributed by atoms with Crippen molar-refractivity contribution in [2.45, 2.75) is 37.4 Å². The molecule has 3 saturated heterocycles. The third kappa shape index (κ3) is 1.92. The maximum Gasteiger partial charge on any atom is 0.240 e. The molecule has 0 aromatic heterocycles. The summed E-state index contributed by atoms with van der Waals surface area (Å²) >= 11 is 0. The Kier molecular flexibility index (Phi) is 3.35. The van der Waals surface area contributed by atoms with Crippen molar-refractivity contribution in [3.63, 3.8) is 0 Å². The molecule has 4 atom stereocenters. The number of hydrogen-bond donors (Lipinski definition) is 0. The summed E-state index contributed by atoms with van der Waals surface area (Å²) in [6, 6.07) is 12.7. The van der Waals surface area contributed by atoms with Crippen LogP contribution >= 0.6 is 0 Å². The predicted octanol–water partition coefficient (Wildman–Crippen LogP) is 2.73. The summed E-state index contributed by atoms with van der Waals surface area (Å²) in [5, 5.41) is 10.8. The lowest BCUT2D eigenvalue weighted by atomic mass is 9.67. The number of anilines is 1. The molecule has 0 N–H and O–H groups in total. The summed E-state index contributed by atoms with van der Waals surface area (Å²) in [5.41, 5.74) is -0.627. The standard InChI is InChI=1S/C22H18N2O4/c1-21-8-9-22(28-21,10-11-25)18-17(21)19(26)24(20(18)27)16-7-6-13(12-23)14-4-2-3-5-15(14)16/h2-7,11,17-18H,8-10H2,1H3/t17-,18+,21?,22?/m1/s1. The first-order valence-corrected chi connectivity index (χ1v) is 9.39. The van der Waals surface area contributed by atoms with Crippen molar-refractivity contribution in [1.82, 2.24) is 0 Å². The van der Waals surface area contributed by atoms with Crippen LogP contribution in [-0.2, 0) is 19.1 Å². The maximum absolute atomic E-state index is 13.5. The fourth-order valence-corrected chi connectivity index (χ4v) is 5.50. The zero-order valence-corrected chi connectivity index (χ0v) is 15.3. The number of carbonyl (C=O) groups excluding carboxylic acids is 3. The number of carbonyl (C=O) groups is 3. The van der Waals surface area contributed by atoms with Crippen molar-refractivity contribution in [3.8, 4) is 6.07 Å². The Hall–Kier alpha value is -3.04. The molecule has 3 fully saturated rings. The lowest BCUT2D eigenvalue weighted by Crippen LogP contribution is -2.42. The predicted molar refractivity (Wildman–Crippen MR) is 100 cm³/mol. The number of imide groups is 1. The minimum atomic E-state index is -0.884. The van der Waals surface area contributed by atoms with Gasteiger partial charge in [0.25, 0.3) is 0 Å². The van der Waals surface area contributed by atoms with Crippen molar-refractivity contribution in [3.05, 3.63) is 42.0 Å². The molecular formula is C22H18N2O4. The quantitative estimate of drug-likeness (QED) is 0.609. The molecule has 2 aromatic rings. The van der Waals surface area contributed by atoms with Crippen molar-refractivity contribution in [1.29, 1.82) is 5.26 Å². The summed E-state index contributed by atoms with van der Waals surface area (Å²) in [4.78, 5) is 39.4. The first-order valence-electron chi connectivity index (χ1n) is 9.39. The number of benzene rings is 2. The maximum atomic E-state index is 13.5. The molecule has 28 heavy (non-hydrogen) atoms. The second kappa shape index (κ2) is 5.49. The van der Waals surface area contributed by atoms with Gasteiger partial charge in [0.1, 0.15) is 6.29 Å². The Balaban J connectivity index is 1.68. The van der Waals surface area contributed by atoms with E-state index in [1.54, 1.807) is 12.1 Å². The van der Waals surface area contributed by atoms with E-state index in [-0.39, 0.29) is 18.2 Å². The molecule has 0 radical (unpaired) electrons. The number of amides is 2. The minimum absolute atomic E-state index is 0.116. The van der Waals surface area contributed by atoms with Crippen molar-refractivity contribution >= 4 is 34.6 Å². The first kappa shape index (κ1) is 17.1. The third-order valence-corrected chi connectivity index (χ3v) is 6.70. The highest BCUT2D eigenvalue weighted by Crippen LogP contribution is 2.62. The van der Waals surface area contributed by atoms with Crippen LogP contribution in [0.15, 0.2) is 36.4 Å². The molecule has 2 aromatic carbocycles. The summed E-state index contributed by atoms with van der Waals surface area (Å²) in [7, 11) is 0. The molecule has 6 heteroatoms. The lowest BCUT2D eigenvalue weighted by Gasteiger charge is -2.29. The third-order valence-electron chi connectivity index (χ3n) is 6.70. The van der Waals surface area contributed by atoms with Gasteiger partial charge in [0.2, 0.25) is 11.8 Å². The van der Waals surface area contributed by atoms with Crippen LogP contribution < -0.4 is 4.90 Å². The average Bonchev–Trinajstić information content (AvgIpc) is 3.26. The summed E-state index contributed by atoms with van der Waals surface area (Å²) in [6.07, 6.45) is 2.16. The molecule has 0 saturated carbocycles. The molecule has 140 valence electrons. The molecule has 0 aliphatic carbocycles. The average molecular weight is 374 g/mol. The van der Waals surface area contributed by atoms with E-state index in [1.807, 2.05) is 31.2 Å². The van der Waals surface area contributed by atoms with Crippen LogP contribution in [0.4, 0.5) is 5.69 Å². The number of nitriles is 1. The molecule has 3 aliphatic rings. The normalized spacial score (nSPS) is 33.4. The van der Waals surface area contributed by atoms with E-state index >= 15 is 0 Å². The second-order valence-corrected chi connectivity index (χ2v) is 8.11. The molecule has 2 amide bonds. The molecule has 2 unspecified atom stereocenters. The zero-order chi connectivity index (χ0) is 19.7. The number of fused-ring (bicyclic) bond motifs is 6. The van der Waals surface area contributed by atoms with Gasteiger partial charge in [-0.25, -0.2) is 4.90 Å². The summed E-state index contributed by atoms with van der Waals surface area (Å²) in [5.74, 6) is -1.81. The molecule has 2 bridgehead atoms. The summed E-state index contributed by atoms with van der Waals surface area (Å²) < 4.78 is 6.16. The van der Waals surface area contributed by atoms with Gasteiger partial charge in [-0.15, -0.1) is 0 Å². The first-order chi connectivity index (χ1) is 13.5. The van der Waals surface area contributed by atoms with Crippen LogP contribution in [0.3, 0.4) is 0 Å². The van der Waals surface area contributed by atoms with Gasteiger partial charge in [0, 0.05) is 17.2 Å². The number of aldehydes is 1. The largest absolute Gasteiger partial charge is 0.367 e. The van der Waals surface area contributed by atoms with Crippen LogP contribution in [0.2, 0.25) is 0 Å². The van der Waals surface area contributed by atoms with Crippen LogP contribution in [0, 0.1) is 23.2 Å². The van der Waals surface area contributed by atoms with Crippen molar-refractivity contribution in [2.75, 3.05) is 4.90 Å². The lowest BCUT2D eigenvalue weighted by molar-refractivity contribution is -0.131. The number of nitrogens with zero attached hydrogens (tertiary/aromatic N) is 2. The molecule has 0 spiro atoms. The highest BCUT2D eigenvalue weighted by Gasteiger charge is 2.73. The van der Waals surface area contributed by atoms with Gasteiger partial charge in [-0.1, -0.05) is 24.3 Å². The van der Waals surface area contributed by atoms with E-state index in [1.165, 1.54) is 4.90 Å². The van der Waals surface area contributed by atoms with Crippen LogP contribution in [0.1, 0.15) is 31.7 Å². The van der Waals surface area contributed by atoms with Crippen LogP contribution in [0.25, 0.3) is 10.8 Å². The van der Waals surface area contributed by atoms with Crippen LogP contribution in [-0.4, -0.2) is 29.3 Å². The Morgan fingerprint density at radius 1 is 1.14 bits per heavy atom. The van der Waals surface area contributed by atoms with Crippen LogP contribution in [0.5, 0.6) is 0 Å². The monoisotopic (exact) mass is 374 g/mol. The van der Waals surface area contributed by atoms with Gasteiger partial charge < -0.3 is 9.53 Å². The smallest absolute Gasteiger partial charge is 0.240 e. The number of rotatable bonds is 3. The van der Waals surface area contributed by atoms with E-state index in [0.29, 0.717) is 34.9 Å².